The third-order valence-corrected chi connectivity index (χ3v) is 6.29. The van der Waals surface area contributed by atoms with Gasteiger partial charge in [0.1, 0.15) is 5.75 Å². The molecule has 0 atom stereocenters. The van der Waals surface area contributed by atoms with E-state index in [1.165, 1.54) is 5.56 Å². The van der Waals surface area contributed by atoms with Crippen LogP contribution in [0.4, 0.5) is 0 Å². The number of ether oxygens (including phenoxy) is 2. The number of nitrogens with zero attached hydrogens (tertiary/aromatic N) is 1. The Bertz CT molecular complexity index is 748. The molecule has 138 valence electrons. The first kappa shape index (κ1) is 17.6. The Kier molecular flexibility index (Phi) is 5.00. The second kappa shape index (κ2) is 7.41. The Hall–Kier alpha value is -1.85. The molecule has 2 fully saturated rings. The zero-order chi connectivity index (χ0) is 18.0. The normalized spacial score (nSPS) is 19.1. The molecule has 2 heterocycles. The lowest BCUT2D eigenvalue weighted by Gasteiger charge is -2.41. The standard InChI is InChI=1S/C21H25NO3S/c1-24-19-5-3-2-4-18(19)21(9-11-25-12-10-21)20(23)22(17-6-7-17)14-16-8-13-26-15-16/h2-5,8,13,15,17H,6-7,9-12,14H2,1H3. The lowest BCUT2D eigenvalue weighted by Crippen LogP contribution is -2.50. The first-order valence-corrected chi connectivity index (χ1v) is 10.2. The number of thiophene rings is 1. The molecule has 1 aliphatic carbocycles. The van der Waals surface area contributed by atoms with Crippen LogP contribution in [0.2, 0.25) is 0 Å². The van der Waals surface area contributed by atoms with Crippen molar-refractivity contribution in [3.8, 4) is 5.75 Å². The number of hydrogen-bond acceptors (Lipinski definition) is 4. The van der Waals surface area contributed by atoms with Gasteiger partial charge in [-0.25, -0.2) is 0 Å². The van der Waals surface area contributed by atoms with Gasteiger partial charge in [-0.2, -0.15) is 11.3 Å². The molecule has 1 aromatic carbocycles. The van der Waals surface area contributed by atoms with Crippen molar-refractivity contribution in [3.63, 3.8) is 0 Å². The summed E-state index contributed by atoms with van der Waals surface area (Å²) in [5.74, 6) is 1.04. The zero-order valence-electron chi connectivity index (χ0n) is 15.1. The van der Waals surface area contributed by atoms with Gasteiger partial charge in [-0.15, -0.1) is 0 Å². The molecule has 1 saturated carbocycles. The van der Waals surface area contributed by atoms with Gasteiger partial charge in [0.2, 0.25) is 5.91 Å². The predicted molar refractivity (Wildman–Crippen MR) is 103 cm³/mol. The summed E-state index contributed by atoms with van der Waals surface area (Å²) in [5, 5.41) is 4.22. The summed E-state index contributed by atoms with van der Waals surface area (Å²) in [7, 11) is 1.68. The van der Waals surface area contributed by atoms with Crippen molar-refractivity contribution in [2.45, 2.75) is 43.7 Å². The van der Waals surface area contributed by atoms with E-state index in [2.05, 4.69) is 27.8 Å². The lowest BCUT2D eigenvalue weighted by atomic mass is 9.72. The summed E-state index contributed by atoms with van der Waals surface area (Å²) in [6, 6.07) is 10.5. The summed E-state index contributed by atoms with van der Waals surface area (Å²) in [6.07, 6.45) is 3.63. The van der Waals surface area contributed by atoms with E-state index in [9.17, 15) is 4.79 Å². The van der Waals surface area contributed by atoms with E-state index < -0.39 is 5.41 Å². The average molecular weight is 372 g/mol. The molecule has 0 N–H and O–H groups in total. The van der Waals surface area contributed by atoms with Crippen molar-refractivity contribution in [2.75, 3.05) is 20.3 Å². The SMILES string of the molecule is COc1ccccc1C1(C(=O)N(Cc2ccsc2)C2CC2)CCOCC1. The Labute approximate surface area is 158 Å². The van der Waals surface area contributed by atoms with Gasteiger partial charge in [0.25, 0.3) is 0 Å². The number of methoxy groups -OCH3 is 1. The number of benzene rings is 1. The first-order chi connectivity index (χ1) is 12.7. The van der Waals surface area contributed by atoms with Crippen LogP contribution in [0.1, 0.15) is 36.8 Å². The molecule has 0 radical (unpaired) electrons. The van der Waals surface area contributed by atoms with Gasteiger partial charge in [0.05, 0.1) is 12.5 Å². The van der Waals surface area contributed by atoms with Gasteiger partial charge in [0, 0.05) is 31.4 Å². The van der Waals surface area contributed by atoms with E-state index in [4.69, 9.17) is 9.47 Å². The van der Waals surface area contributed by atoms with Crippen LogP contribution in [0.3, 0.4) is 0 Å². The predicted octanol–water partition coefficient (Wildman–Crippen LogP) is 4.00. The Morgan fingerprint density at radius 1 is 1.27 bits per heavy atom. The number of carbonyl (C=O) groups excluding carboxylic acids is 1. The summed E-state index contributed by atoms with van der Waals surface area (Å²) >= 11 is 1.68. The molecule has 4 rings (SSSR count). The minimum Gasteiger partial charge on any atom is -0.496 e. The number of para-hydroxylation sites is 1. The van der Waals surface area contributed by atoms with Crippen LogP contribution in [0.25, 0.3) is 0 Å². The van der Waals surface area contributed by atoms with Crippen molar-refractivity contribution >= 4 is 17.2 Å². The smallest absolute Gasteiger partial charge is 0.234 e. The Balaban J connectivity index is 1.72. The molecule has 0 bridgehead atoms. The highest BCUT2D eigenvalue weighted by atomic mass is 32.1. The Morgan fingerprint density at radius 3 is 2.69 bits per heavy atom. The van der Waals surface area contributed by atoms with E-state index >= 15 is 0 Å². The molecule has 26 heavy (non-hydrogen) atoms. The highest BCUT2D eigenvalue weighted by Gasteiger charge is 2.48. The largest absolute Gasteiger partial charge is 0.496 e. The molecule has 1 aromatic heterocycles. The quantitative estimate of drug-likeness (QED) is 0.770. The molecular weight excluding hydrogens is 346 g/mol. The summed E-state index contributed by atoms with van der Waals surface area (Å²) in [4.78, 5) is 16.0. The van der Waals surface area contributed by atoms with Gasteiger partial charge < -0.3 is 14.4 Å². The zero-order valence-corrected chi connectivity index (χ0v) is 16.0. The number of hydrogen-bond donors (Lipinski definition) is 0. The van der Waals surface area contributed by atoms with Gasteiger partial charge in [0.15, 0.2) is 0 Å². The summed E-state index contributed by atoms with van der Waals surface area (Å²) in [6.45, 7) is 1.92. The fraction of sp³-hybridized carbons (Fsp3) is 0.476. The Morgan fingerprint density at radius 2 is 2.04 bits per heavy atom. The van der Waals surface area contributed by atoms with Gasteiger partial charge in [-0.3, -0.25) is 4.79 Å². The highest BCUT2D eigenvalue weighted by molar-refractivity contribution is 7.07. The molecule has 0 spiro atoms. The number of carbonyl (C=O) groups is 1. The van der Waals surface area contributed by atoms with E-state index in [0.29, 0.717) is 38.6 Å². The fourth-order valence-corrected chi connectivity index (χ4v) is 4.63. The van der Waals surface area contributed by atoms with E-state index in [0.717, 1.165) is 24.2 Å². The highest BCUT2D eigenvalue weighted by Crippen LogP contribution is 2.43. The third kappa shape index (κ3) is 3.26. The number of amides is 1. The van der Waals surface area contributed by atoms with Crippen molar-refractivity contribution in [1.29, 1.82) is 0 Å². The van der Waals surface area contributed by atoms with E-state index in [1.807, 2.05) is 18.2 Å². The van der Waals surface area contributed by atoms with Crippen LogP contribution < -0.4 is 4.74 Å². The monoisotopic (exact) mass is 371 g/mol. The molecule has 2 aromatic rings. The van der Waals surface area contributed by atoms with Crippen LogP contribution in [0.15, 0.2) is 41.1 Å². The van der Waals surface area contributed by atoms with E-state index in [1.54, 1.807) is 18.4 Å². The maximum atomic E-state index is 13.9. The molecular formula is C21H25NO3S. The minimum atomic E-state index is -0.552. The molecule has 0 unspecified atom stereocenters. The lowest BCUT2D eigenvalue weighted by molar-refractivity contribution is -0.142. The minimum absolute atomic E-state index is 0.235. The molecule has 2 aliphatic rings. The van der Waals surface area contributed by atoms with Crippen molar-refractivity contribution < 1.29 is 14.3 Å². The first-order valence-electron chi connectivity index (χ1n) is 9.28. The van der Waals surface area contributed by atoms with Crippen molar-refractivity contribution in [1.82, 2.24) is 4.90 Å². The maximum absolute atomic E-state index is 13.9. The van der Waals surface area contributed by atoms with Crippen LogP contribution in [0.5, 0.6) is 5.75 Å². The fourth-order valence-electron chi connectivity index (χ4n) is 3.97. The molecule has 1 amide bonds. The van der Waals surface area contributed by atoms with E-state index in [-0.39, 0.29) is 5.91 Å². The molecule has 1 saturated heterocycles. The van der Waals surface area contributed by atoms with Gasteiger partial charge >= 0.3 is 0 Å². The van der Waals surface area contributed by atoms with Crippen LogP contribution in [-0.4, -0.2) is 37.2 Å². The maximum Gasteiger partial charge on any atom is 0.234 e. The van der Waals surface area contributed by atoms with Crippen LogP contribution in [0, 0.1) is 0 Å². The van der Waals surface area contributed by atoms with Crippen LogP contribution in [-0.2, 0) is 21.5 Å². The topological polar surface area (TPSA) is 38.8 Å². The van der Waals surface area contributed by atoms with Gasteiger partial charge in [-0.05, 0) is 54.1 Å². The number of rotatable bonds is 6. The van der Waals surface area contributed by atoms with Crippen LogP contribution >= 0.6 is 11.3 Å². The van der Waals surface area contributed by atoms with Gasteiger partial charge in [-0.1, -0.05) is 18.2 Å². The summed E-state index contributed by atoms with van der Waals surface area (Å²) in [5.41, 5.74) is 1.67. The van der Waals surface area contributed by atoms with Crippen molar-refractivity contribution in [3.05, 3.63) is 52.2 Å². The van der Waals surface area contributed by atoms with Crippen molar-refractivity contribution in [2.24, 2.45) is 0 Å². The third-order valence-electron chi connectivity index (χ3n) is 5.56. The second-order valence-electron chi connectivity index (χ2n) is 7.19. The second-order valence-corrected chi connectivity index (χ2v) is 7.97. The molecule has 4 nitrogen and oxygen atoms in total. The average Bonchev–Trinajstić information content (AvgIpc) is 3.41. The molecule has 1 aliphatic heterocycles. The summed E-state index contributed by atoms with van der Waals surface area (Å²) < 4.78 is 11.2. The molecule has 5 heteroatoms.